The van der Waals surface area contributed by atoms with Crippen LogP contribution in [-0.2, 0) is 0 Å². The van der Waals surface area contributed by atoms with E-state index in [1.54, 1.807) is 11.3 Å². The summed E-state index contributed by atoms with van der Waals surface area (Å²) in [5.41, 5.74) is 9.61. The van der Waals surface area contributed by atoms with Gasteiger partial charge < -0.3 is 0 Å². The SMILES string of the molecule is [2H]c1ccc2cc(-c3ccc(-c4c5ccccc5c(-c5ccc(-c6ccc7sc8c([2H])cccc8c7c6)cc5)c5ccccc45)cc3)ccc2c1. The maximum absolute atomic E-state index is 8.37. The summed E-state index contributed by atoms with van der Waals surface area (Å²) in [7, 11) is 0. The van der Waals surface area contributed by atoms with Crippen LogP contribution < -0.4 is 0 Å². The zero-order valence-corrected chi connectivity index (χ0v) is 27.4. The predicted octanol–water partition coefficient (Wildman–Crippen LogP) is 14.2. The molecule has 10 aromatic rings. The first-order valence-electron chi connectivity index (χ1n) is 17.7. The van der Waals surface area contributed by atoms with Crippen LogP contribution in [0.2, 0.25) is 0 Å². The van der Waals surface area contributed by atoms with Gasteiger partial charge in [-0.15, -0.1) is 11.3 Å². The molecule has 0 radical (unpaired) electrons. The number of rotatable bonds is 4. The molecule has 0 amide bonds. The fraction of sp³-hybridized carbons (Fsp3) is 0. The monoisotopic (exact) mass is 640 g/mol. The van der Waals surface area contributed by atoms with Gasteiger partial charge >= 0.3 is 0 Å². The number of fused-ring (bicyclic) bond motifs is 6. The van der Waals surface area contributed by atoms with Crippen LogP contribution in [0.25, 0.3) is 97.0 Å². The van der Waals surface area contributed by atoms with Crippen molar-refractivity contribution in [2.75, 3.05) is 0 Å². The highest BCUT2D eigenvalue weighted by atomic mass is 32.1. The average Bonchev–Trinajstić information content (AvgIpc) is 3.56. The third-order valence-electron chi connectivity index (χ3n) is 9.93. The zero-order chi connectivity index (χ0) is 34.1. The van der Waals surface area contributed by atoms with Crippen molar-refractivity contribution in [3.63, 3.8) is 0 Å². The predicted molar refractivity (Wildman–Crippen MR) is 214 cm³/mol. The molecule has 0 aliphatic heterocycles. The lowest BCUT2D eigenvalue weighted by Crippen LogP contribution is -1.91. The van der Waals surface area contributed by atoms with Gasteiger partial charge in [0.1, 0.15) is 0 Å². The second-order valence-corrected chi connectivity index (χ2v) is 13.8. The van der Waals surface area contributed by atoms with Crippen molar-refractivity contribution in [2.45, 2.75) is 0 Å². The normalized spacial score (nSPS) is 12.2. The van der Waals surface area contributed by atoms with E-state index in [2.05, 4.69) is 140 Å². The van der Waals surface area contributed by atoms with Gasteiger partial charge in [0.05, 0.1) is 2.74 Å². The van der Waals surface area contributed by atoms with Gasteiger partial charge in [-0.2, -0.15) is 0 Å². The Bertz CT molecular complexity index is 2910. The number of hydrogen-bond acceptors (Lipinski definition) is 1. The molecular formula is C48H30S. The van der Waals surface area contributed by atoms with Gasteiger partial charge in [0.2, 0.25) is 0 Å². The second kappa shape index (κ2) is 11.3. The lowest BCUT2D eigenvalue weighted by Gasteiger charge is -2.18. The Morgan fingerprint density at radius 3 is 1.47 bits per heavy atom. The van der Waals surface area contributed by atoms with Gasteiger partial charge in [0.15, 0.2) is 0 Å². The number of thiophene rings is 1. The van der Waals surface area contributed by atoms with Crippen LogP contribution in [0, 0.1) is 0 Å². The molecule has 1 aromatic heterocycles. The van der Waals surface area contributed by atoms with Gasteiger partial charge in [-0.05, 0) is 101 Å². The summed E-state index contributed by atoms with van der Waals surface area (Å²) in [4.78, 5) is 0. The molecule has 0 nitrogen and oxygen atoms in total. The van der Waals surface area contributed by atoms with Gasteiger partial charge in [0, 0.05) is 20.2 Å². The third-order valence-corrected chi connectivity index (χ3v) is 11.0. The highest BCUT2D eigenvalue weighted by Crippen LogP contribution is 2.44. The van der Waals surface area contributed by atoms with E-state index < -0.39 is 0 Å². The lowest BCUT2D eigenvalue weighted by atomic mass is 9.85. The fourth-order valence-corrected chi connectivity index (χ4v) is 8.60. The molecule has 9 aromatic carbocycles. The Morgan fingerprint density at radius 2 is 0.837 bits per heavy atom. The molecule has 10 rings (SSSR count). The first-order chi connectivity index (χ1) is 25.1. The minimum Gasteiger partial charge on any atom is -0.135 e. The van der Waals surface area contributed by atoms with Crippen LogP contribution in [-0.4, -0.2) is 0 Å². The molecule has 0 spiro atoms. The largest absolute Gasteiger partial charge is 0.135 e. The summed E-state index contributed by atoms with van der Waals surface area (Å²) >= 11 is 1.70. The number of benzene rings is 9. The van der Waals surface area contributed by atoms with Gasteiger partial charge in [-0.1, -0.05) is 158 Å². The van der Waals surface area contributed by atoms with Crippen LogP contribution in [0.1, 0.15) is 2.74 Å². The minimum atomic E-state index is 0.535. The van der Waals surface area contributed by atoms with E-state index in [0.29, 0.717) is 12.1 Å². The molecule has 49 heavy (non-hydrogen) atoms. The summed E-state index contributed by atoms with van der Waals surface area (Å²) in [6, 6.07) is 61.7. The molecule has 1 heteroatoms. The Labute approximate surface area is 292 Å². The zero-order valence-electron chi connectivity index (χ0n) is 28.6. The molecule has 0 atom stereocenters. The van der Waals surface area contributed by atoms with Crippen molar-refractivity contribution < 1.29 is 2.74 Å². The Balaban J connectivity index is 1.07. The number of hydrogen-bond donors (Lipinski definition) is 0. The van der Waals surface area contributed by atoms with Crippen molar-refractivity contribution in [3.05, 3.63) is 182 Å². The van der Waals surface area contributed by atoms with Crippen molar-refractivity contribution in [1.29, 1.82) is 0 Å². The van der Waals surface area contributed by atoms with Crippen LogP contribution in [0.5, 0.6) is 0 Å². The molecule has 0 unspecified atom stereocenters. The van der Waals surface area contributed by atoms with E-state index in [9.17, 15) is 0 Å². The van der Waals surface area contributed by atoms with E-state index in [-0.39, 0.29) is 0 Å². The maximum atomic E-state index is 8.37. The van der Waals surface area contributed by atoms with Crippen LogP contribution in [0.3, 0.4) is 0 Å². The van der Waals surface area contributed by atoms with Crippen LogP contribution >= 0.6 is 11.3 Å². The molecule has 0 bridgehead atoms. The Morgan fingerprint density at radius 1 is 0.327 bits per heavy atom. The fourth-order valence-electron chi connectivity index (χ4n) is 7.55. The standard InChI is InChI=1S/C48H30S/c1-2-10-36-29-37(26-21-31(36)9-1)32-17-22-34(23-18-32)47-40-12-3-5-14-42(40)48(43-15-6-4-13-41(43)47)35-24-19-33(20-25-35)38-27-28-46-44(30-38)39-11-7-8-16-45(39)49-46/h1-30H/i1D,16D. The molecule has 0 N–H and O–H groups in total. The van der Waals surface area contributed by atoms with E-state index >= 15 is 0 Å². The smallest absolute Gasteiger partial charge is 0.0638 e. The van der Waals surface area contributed by atoms with Crippen molar-refractivity contribution in [2.24, 2.45) is 0 Å². The Kier molecular flexibility index (Phi) is 6.00. The van der Waals surface area contributed by atoms with Crippen molar-refractivity contribution in [3.8, 4) is 44.5 Å². The first-order valence-corrected chi connectivity index (χ1v) is 17.5. The topological polar surface area (TPSA) is 0 Å². The summed E-state index contributed by atoms with van der Waals surface area (Å²) in [5, 5.41) is 9.57. The summed E-state index contributed by atoms with van der Waals surface area (Å²) in [6.45, 7) is 0. The highest BCUT2D eigenvalue weighted by molar-refractivity contribution is 7.25. The lowest BCUT2D eigenvalue weighted by molar-refractivity contribution is 1.62. The molecule has 0 saturated heterocycles. The molecule has 0 aliphatic rings. The quantitative estimate of drug-likeness (QED) is 0.168. The highest BCUT2D eigenvalue weighted by Gasteiger charge is 2.17. The van der Waals surface area contributed by atoms with Gasteiger partial charge in [-0.3, -0.25) is 0 Å². The Hall–Kier alpha value is -6.02. The van der Waals surface area contributed by atoms with Crippen LogP contribution in [0.4, 0.5) is 0 Å². The minimum absolute atomic E-state index is 0.535. The van der Waals surface area contributed by atoms with E-state index in [4.69, 9.17) is 2.74 Å². The van der Waals surface area contributed by atoms with Gasteiger partial charge in [0.25, 0.3) is 0 Å². The molecular weight excluding hydrogens is 609 g/mol. The van der Waals surface area contributed by atoms with E-state index in [1.165, 1.54) is 76.1 Å². The average molecular weight is 641 g/mol. The maximum Gasteiger partial charge on any atom is 0.0638 e. The summed E-state index contributed by atoms with van der Waals surface area (Å²) in [6.07, 6.45) is 0. The summed E-state index contributed by atoms with van der Waals surface area (Å²) < 4.78 is 18.6. The second-order valence-electron chi connectivity index (χ2n) is 12.7. The van der Waals surface area contributed by atoms with Crippen molar-refractivity contribution >= 4 is 63.8 Å². The molecule has 0 aliphatic carbocycles. The third kappa shape index (κ3) is 4.66. The summed E-state index contributed by atoms with van der Waals surface area (Å²) in [5.74, 6) is 0. The molecule has 0 saturated carbocycles. The first kappa shape index (κ1) is 26.0. The van der Waals surface area contributed by atoms with Gasteiger partial charge in [-0.25, -0.2) is 0 Å². The van der Waals surface area contributed by atoms with Crippen LogP contribution in [0.15, 0.2) is 182 Å². The van der Waals surface area contributed by atoms with E-state index in [0.717, 1.165) is 20.9 Å². The van der Waals surface area contributed by atoms with Crippen molar-refractivity contribution in [1.82, 2.24) is 0 Å². The van der Waals surface area contributed by atoms with E-state index in [1.807, 2.05) is 30.3 Å². The molecule has 0 fully saturated rings. The molecule has 1 heterocycles. The molecule has 228 valence electrons.